The number of hydrogen-bond donors (Lipinski definition) is 0. The minimum absolute atomic E-state index is 1.18. The van der Waals surface area contributed by atoms with Crippen LogP contribution in [0.1, 0.15) is 6.42 Å². The van der Waals surface area contributed by atoms with Gasteiger partial charge in [-0.25, -0.2) is 0 Å². The summed E-state index contributed by atoms with van der Waals surface area (Å²) in [6.45, 7) is 0. The van der Waals surface area contributed by atoms with Gasteiger partial charge in [0.25, 0.3) is 0 Å². The van der Waals surface area contributed by atoms with E-state index in [1.807, 2.05) is 0 Å². The zero-order valence-electron chi connectivity index (χ0n) is 18.5. The van der Waals surface area contributed by atoms with E-state index in [2.05, 4.69) is 138 Å². The first-order valence-electron chi connectivity index (χ1n) is 11.7. The Balaban J connectivity index is 1.77. The molecule has 0 heterocycles. The van der Waals surface area contributed by atoms with Gasteiger partial charge in [0.15, 0.2) is 0 Å². The van der Waals surface area contributed by atoms with Crippen LogP contribution < -0.4 is 15.9 Å². The van der Waals surface area contributed by atoms with Gasteiger partial charge >= 0.3 is 210 Å². The van der Waals surface area contributed by atoms with Gasteiger partial charge in [0.1, 0.15) is 0 Å². The average molecular weight is 556 g/mol. The first-order valence-corrected chi connectivity index (χ1v) is 15.4. The summed E-state index contributed by atoms with van der Waals surface area (Å²) in [4.78, 5) is 0. The topological polar surface area (TPSA) is 0 Å². The van der Waals surface area contributed by atoms with Crippen molar-refractivity contribution in [1.82, 2.24) is 0 Å². The molecule has 33 heavy (non-hydrogen) atoms. The van der Waals surface area contributed by atoms with E-state index in [9.17, 15) is 0 Å². The second-order valence-electron chi connectivity index (χ2n) is 8.90. The van der Waals surface area contributed by atoms with Crippen molar-refractivity contribution in [3.05, 3.63) is 115 Å². The van der Waals surface area contributed by atoms with E-state index >= 15 is 0 Å². The van der Waals surface area contributed by atoms with Gasteiger partial charge in [0.05, 0.1) is 0 Å². The third kappa shape index (κ3) is 3.36. The Labute approximate surface area is 209 Å². The van der Waals surface area contributed by atoms with Crippen LogP contribution in [-0.2, 0) is 0 Å². The van der Waals surface area contributed by atoms with Crippen LogP contribution in [0, 0.1) is 0 Å². The van der Waals surface area contributed by atoms with Gasteiger partial charge in [0.2, 0.25) is 0 Å². The van der Waals surface area contributed by atoms with Crippen LogP contribution in [0.15, 0.2) is 115 Å². The van der Waals surface area contributed by atoms with Gasteiger partial charge in [-0.1, -0.05) is 0 Å². The van der Waals surface area contributed by atoms with Crippen molar-refractivity contribution >= 4 is 78.1 Å². The molecule has 0 aliphatic rings. The fourth-order valence-electron chi connectivity index (χ4n) is 5.79. The van der Waals surface area contributed by atoms with E-state index < -0.39 is 7.26 Å². The van der Waals surface area contributed by atoms with Gasteiger partial charge in [0, 0.05) is 0 Å². The molecule has 0 unspecified atom stereocenters. The Hall–Kier alpha value is -2.48. The molecular weight excluding hydrogens is 530 g/mol. The van der Waals surface area contributed by atoms with Gasteiger partial charge in [-0.2, -0.15) is 0 Å². The van der Waals surface area contributed by atoms with Crippen molar-refractivity contribution in [3.63, 3.8) is 0 Å². The molecule has 6 aromatic rings. The van der Waals surface area contributed by atoms with E-state index in [-0.39, 0.29) is 0 Å². The predicted octanol–water partition coefficient (Wildman–Crippen LogP) is 7.44. The van der Waals surface area contributed by atoms with Gasteiger partial charge < -0.3 is 0 Å². The normalized spacial score (nSPS) is 12.6. The van der Waals surface area contributed by atoms with Crippen LogP contribution in [0.2, 0.25) is 0 Å². The van der Waals surface area contributed by atoms with Crippen molar-refractivity contribution in [2.24, 2.45) is 0 Å². The average Bonchev–Trinajstić information content (AvgIpc) is 2.89. The summed E-state index contributed by atoms with van der Waals surface area (Å²) in [5.41, 5.74) is 0. The number of halogens is 1. The van der Waals surface area contributed by atoms with E-state index in [0.717, 1.165) is 0 Å². The van der Waals surface area contributed by atoms with Crippen LogP contribution in [0.25, 0.3) is 32.3 Å². The second kappa shape index (κ2) is 8.70. The summed E-state index contributed by atoms with van der Waals surface area (Å²) in [5, 5.41) is 12.9. The summed E-state index contributed by atoms with van der Waals surface area (Å²) >= 11 is 2.55. The van der Waals surface area contributed by atoms with Crippen molar-refractivity contribution in [3.8, 4) is 0 Å². The van der Waals surface area contributed by atoms with Crippen molar-refractivity contribution in [1.29, 1.82) is 0 Å². The fourth-order valence-corrected chi connectivity index (χ4v) is 12.0. The molecule has 0 atom stereocenters. The molecule has 0 radical (unpaired) electrons. The Morgan fingerprint density at radius 1 is 0.515 bits per heavy atom. The maximum atomic E-state index is 2.55. The predicted molar refractivity (Wildman–Crippen MR) is 159 cm³/mol. The molecule has 0 aliphatic heterocycles. The molecule has 6 aromatic carbocycles. The van der Waals surface area contributed by atoms with Crippen molar-refractivity contribution < 1.29 is 0 Å². The second-order valence-corrected chi connectivity index (χ2v) is 14.0. The summed E-state index contributed by atoms with van der Waals surface area (Å²) in [7, 11) is -2.24. The van der Waals surface area contributed by atoms with Crippen molar-refractivity contribution in [2.75, 3.05) is 10.6 Å². The molecule has 0 N–H and O–H groups in total. The number of hydrogen-bond acceptors (Lipinski definition) is 0. The molecule has 0 fully saturated rings. The first kappa shape index (κ1) is 21.1. The Morgan fingerprint density at radius 3 is 1.67 bits per heavy atom. The molecular formula is C31H26IP. The van der Waals surface area contributed by atoms with Crippen LogP contribution >= 0.6 is 29.9 Å². The van der Waals surface area contributed by atoms with Crippen LogP contribution in [-0.4, -0.2) is 10.6 Å². The Kier molecular flexibility index (Phi) is 5.56. The van der Waals surface area contributed by atoms with Crippen LogP contribution in [0.3, 0.4) is 0 Å². The Morgan fingerprint density at radius 2 is 1.06 bits per heavy atom. The summed E-state index contributed by atoms with van der Waals surface area (Å²) in [5.74, 6) is 0. The molecule has 0 bridgehead atoms. The first-order chi connectivity index (χ1) is 16.3. The third-order valence-corrected chi connectivity index (χ3v) is 13.1. The zero-order chi connectivity index (χ0) is 22.3. The molecule has 2 heteroatoms. The molecule has 0 aliphatic carbocycles. The number of alkyl halides is 1. The van der Waals surface area contributed by atoms with Crippen LogP contribution in [0.4, 0.5) is 0 Å². The number of benzene rings is 6. The van der Waals surface area contributed by atoms with E-state index in [4.69, 9.17) is 0 Å². The fraction of sp³-hybridized carbons (Fsp3) is 0.0968. The quantitative estimate of drug-likeness (QED) is 0.0867. The van der Waals surface area contributed by atoms with Crippen molar-refractivity contribution in [2.45, 2.75) is 6.42 Å². The third-order valence-electron chi connectivity index (χ3n) is 7.21. The number of rotatable bonds is 6. The van der Waals surface area contributed by atoms with E-state index in [1.165, 1.54) is 59.9 Å². The summed E-state index contributed by atoms with van der Waals surface area (Å²) < 4.78 is 1.18. The summed E-state index contributed by atoms with van der Waals surface area (Å²) in [6, 6.07) is 43.5. The van der Waals surface area contributed by atoms with Crippen LogP contribution in [0.5, 0.6) is 0 Å². The minimum atomic E-state index is -2.24. The van der Waals surface area contributed by atoms with E-state index in [1.54, 1.807) is 5.30 Å². The monoisotopic (exact) mass is 556 g/mol. The molecule has 0 nitrogen and oxygen atoms in total. The molecule has 0 aromatic heterocycles. The molecule has 0 saturated carbocycles. The SMILES string of the molecule is ICCC[PH](c1ccccc1)(c1ccccc1)c1ccc2ccc3cccc4ccc1c2c34. The molecule has 0 saturated heterocycles. The van der Waals surface area contributed by atoms with E-state index in [0.29, 0.717) is 0 Å². The Bertz CT molecular complexity index is 1480. The van der Waals surface area contributed by atoms with Gasteiger partial charge in [-0.3, -0.25) is 0 Å². The molecule has 6 rings (SSSR count). The molecule has 0 amide bonds. The maximum absolute atomic E-state index is 2.55. The van der Waals surface area contributed by atoms with Gasteiger partial charge in [-0.05, 0) is 0 Å². The molecule has 162 valence electrons. The summed E-state index contributed by atoms with van der Waals surface area (Å²) in [6.07, 6.45) is 2.44. The van der Waals surface area contributed by atoms with Gasteiger partial charge in [-0.15, -0.1) is 0 Å². The standard InChI is InChI=1S/C31H26IP/c32-21-8-22-33(26-11-3-1-4-12-26,27-13-5-2-6-14-27)29-20-18-25-16-15-23-9-7-10-24-17-19-28(29)31(25)30(23)24/h1-7,9-20,33H,8,21-22H2. The zero-order valence-corrected chi connectivity index (χ0v) is 21.6. The molecule has 0 spiro atoms.